The van der Waals surface area contributed by atoms with Gasteiger partial charge >= 0.3 is 0 Å². The van der Waals surface area contributed by atoms with E-state index in [1.807, 2.05) is 13.8 Å². The Hall–Kier alpha value is -0.700. The smallest absolute Gasteiger partial charge is 0.219 e. The number of carbonyl (C=O) groups excluding carboxylic acids is 1. The molecule has 1 atom stereocenters. The highest BCUT2D eigenvalue weighted by Gasteiger charge is 2.41. The third kappa shape index (κ3) is 2.28. The van der Waals surface area contributed by atoms with Crippen LogP contribution < -0.4 is 0 Å². The first-order valence-corrected chi connectivity index (χ1v) is 5.93. The molecule has 0 aromatic carbocycles. The summed E-state index contributed by atoms with van der Waals surface area (Å²) < 4.78 is 5.04. The number of rotatable bonds is 3. The number of hydrogen-bond donors (Lipinski definition) is 0. The van der Waals surface area contributed by atoms with Crippen LogP contribution in [0.5, 0.6) is 0 Å². The van der Waals surface area contributed by atoms with Crippen molar-refractivity contribution in [3.8, 4) is 0 Å². The van der Waals surface area contributed by atoms with Crippen LogP contribution in [0.4, 0.5) is 0 Å². The van der Waals surface area contributed by atoms with Crippen LogP contribution in [0.3, 0.4) is 0 Å². The average Bonchev–Trinajstić information content (AvgIpc) is 2.37. The Bertz CT molecular complexity index is 342. The van der Waals surface area contributed by atoms with E-state index in [-0.39, 0.29) is 9.86 Å². The van der Waals surface area contributed by atoms with Crippen molar-refractivity contribution in [2.24, 2.45) is 0 Å². The van der Waals surface area contributed by atoms with Gasteiger partial charge in [0.25, 0.3) is 0 Å². The largest absolute Gasteiger partial charge is 0.499 e. The minimum Gasteiger partial charge on any atom is -0.499 e. The second kappa shape index (κ2) is 4.44. The van der Waals surface area contributed by atoms with Gasteiger partial charge < -0.3 is 4.74 Å². The third-order valence-corrected chi connectivity index (χ3v) is 3.90. The van der Waals surface area contributed by atoms with Crippen molar-refractivity contribution in [3.63, 3.8) is 0 Å². The topological polar surface area (TPSA) is 26.3 Å². The number of ether oxygens (including phenoxy) is 1. The molecule has 1 aliphatic heterocycles. The van der Waals surface area contributed by atoms with Crippen LogP contribution in [0, 0.1) is 0 Å². The van der Waals surface area contributed by atoms with E-state index < -0.39 is 0 Å². The van der Waals surface area contributed by atoms with Crippen LogP contribution in [0.15, 0.2) is 23.0 Å². The van der Waals surface area contributed by atoms with Gasteiger partial charge in [-0.05, 0) is 27.2 Å². The SMILES string of the molecule is CC/C(C)=C/C1(C)SC(=O)C(C)=C1OC. The number of allylic oxidation sites excluding steroid dienone is 1. The Morgan fingerprint density at radius 2 is 2.20 bits per heavy atom. The highest BCUT2D eigenvalue weighted by Crippen LogP contribution is 2.45. The van der Waals surface area contributed by atoms with Crippen molar-refractivity contribution in [1.82, 2.24) is 0 Å². The van der Waals surface area contributed by atoms with Gasteiger partial charge in [-0.15, -0.1) is 0 Å². The van der Waals surface area contributed by atoms with Gasteiger partial charge in [-0.3, -0.25) is 4.79 Å². The summed E-state index contributed by atoms with van der Waals surface area (Å²) in [4.78, 5) is 11.6. The first kappa shape index (κ1) is 12.4. The van der Waals surface area contributed by atoms with Crippen LogP contribution in [0.2, 0.25) is 0 Å². The van der Waals surface area contributed by atoms with Crippen molar-refractivity contribution in [1.29, 1.82) is 0 Å². The van der Waals surface area contributed by atoms with Crippen LogP contribution >= 0.6 is 11.8 Å². The molecule has 84 valence electrons. The summed E-state index contributed by atoms with van der Waals surface area (Å²) >= 11 is 1.34. The second-order valence-electron chi connectivity index (χ2n) is 4.00. The van der Waals surface area contributed by atoms with E-state index >= 15 is 0 Å². The fourth-order valence-corrected chi connectivity index (χ4v) is 3.02. The van der Waals surface area contributed by atoms with Gasteiger partial charge in [0.05, 0.1) is 11.9 Å². The maximum Gasteiger partial charge on any atom is 0.219 e. The van der Waals surface area contributed by atoms with Gasteiger partial charge in [0, 0.05) is 5.57 Å². The number of methoxy groups -OCH3 is 1. The van der Waals surface area contributed by atoms with Crippen LogP contribution in [0.1, 0.15) is 34.1 Å². The maximum absolute atomic E-state index is 11.6. The van der Waals surface area contributed by atoms with E-state index in [4.69, 9.17) is 4.74 Å². The Kier molecular flexibility index (Phi) is 3.66. The highest BCUT2D eigenvalue weighted by molar-refractivity contribution is 8.16. The van der Waals surface area contributed by atoms with E-state index in [0.717, 1.165) is 17.8 Å². The molecule has 0 N–H and O–H groups in total. The number of thioether (sulfide) groups is 1. The van der Waals surface area contributed by atoms with E-state index in [2.05, 4.69) is 19.9 Å². The van der Waals surface area contributed by atoms with Crippen molar-refractivity contribution >= 4 is 16.9 Å². The summed E-state index contributed by atoms with van der Waals surface area (Å²) in [7, 11) is 1.63. The summed E-state index contributed by atoms with van der Waals surface area (Å²) in [6.07, 6.45) is 3.13. The lowest BCUT2D eigenvalue weighted by Crippen LogP contribution is -2.19. The molecule has 2 nitrogen and oxygen atoms in total. The number of hydrogen-bond acceptors (Lipinski definition) is 3. The normalized spacial score (nSPS) is 27.5. The summed E-state index contributed by atoms with van der Waals surface area (Å²) in [5.74, 6) is 0.797. The molecule has 0 radical (unpaired) electrons. The maximum atomic E-state index is 11.6. The van der Waals surface area contributed by atoms with Gasteiger partial charge in [0.15, 0.2) is 0 Å². The van der Waals surface area contributed by atoms with Crippen LogP contribution in [0.25, 0.3) is 0 Å². The fourth-order valence-electron chi connectivity index (χ4n) is 1.80. The van der Waals surface area contributed by atoms with Crippen LogP contribution in [-0.4, -0.2) is 17.0 Å². The lowest BCUT2D eigenvalue weighted by atomic mass is 10.0. The predicted octanol–water partition coefficient (Wildman–Crippen LogP) is 3.30. The fraction of sp³-hybridized carbons (Fsp3) is 0.583. The van der Waals surface area contributed by atoms with Gasteiger partial charge in [-0.25, -0.2) is 0 Å². The molecule has 1 unspecified atom stereocenters. The zero-order valence-electron chi connectivity index (χ0n) is 10.0. The monoisotopic (exact) mass is 226 g/mol. The highest BCUT2D eigenvalue weighted by atomic mass is 32.2. The molecule has 0 amide bonds. The molecule has 0 aliphatic carbocycles. The molecule has 0 saturated carbocycles. The lowest BCUT2D eigenvalue weighted by molar-refractivity contribution is -0.107. The molecule has 0 bridgehead atoms. The van der Waals surface area contributed by atoms with Gasteiger partial charge in [-0.2, -0.15) is 0 Å². The van der Waals surface area contributed by atoms with Crippen molar-refractivity contribution in [3.05, 3.63) is 23.0 Å². The number of carbonyl (C=O) groups is 1. The first-order valence-electron chi connectivity index (χ1n) is 5.11. The summed E-state index contributed by atoms with van der Waals surface area (Å²) in [6, 6.07) is 0. The quantitative estimate of drug-likeness (QED) is 0.691. The Morgan fingerprint density at radius 1 is 1.60 bits per heavy atom. The molecule has 0 aromatic rings. The molecule has 1 aliphatic rings. The molecule has 0 aromatic heterocycles. The molecule has 1 rings (SSSR count). The lowest BCUT2D eigenvalue weighted by Gasteiger charge is -2.22. The zero-order chi connectivity index (χ0) is 11.6. The van der Waals surface area contributed by atoms with E-state index in [1.165, 1.54) is 17.3 Å². The standard InChI is InChI=1S/C12H18O2S/c1-6-8(2)7-12(4)10(14-5)9(3)11(13)15-12/h7H,6H2,1-5H3/b8-7+. The van der Waals surface area contributed by atoms with Crippen molar-refractivity contribution in [2.45, 2.75) is 38.9 Å². The first-order chi connectivity index (χ1) is 6.94. The average molecular weight is 226 g/mol. The molecule has 0 spiro atoms. The van der Waals surface area contributed by atoms with E-state index in [1.54, 1.807) is 7.11 Å². The molecular formula is C12H18O2S. The zero-order valence-corrected chi connectivity index (χ0v) is 10.8. The molecular weight excluding hydrogens is 208 g/mol. The summed E-state index contributed by atoms with van der Waals surface area (Å²) in [6.45, 7) is 8.05. The Morgan fingerprint density at radius 3 is 2.67 bits per heavy atom. The van der Waals surface area contributed by atoms with Gasteiger partial charge in [0.1, 0.15) is 5.76 Å². The predicted molar refractivity (Wildman–Crippen MR) is 64.8 cm³/mol. The third-order valence-electron chi connectivity index (χ3n) is 2.69. The van der Waals surface area contributed by atoms with Gasteiger partial charge in [0.2, 0.25) is 5.12 Å². The van der Waals surface area contributed by atoms with Gasteiger partial charge in [-0.1, -0.05) is 30.3 Å². The molecule has 3 heteroatoms. The van der Waals surface area contributed by atoms with E-state index in [9.17, 15) is 4.79 Å². The minimum atomic E-state index is -0.310. The minimum absolute atomic E-state index is 0.120. The Balaban J connectivity index is 3.12. The Labute approximate surface area is 95.8 Å². The van der Waals surface area contributed by atoms with Crippen LogP contribution in [-0.2, 0) is 9.53 Å². The van der Waals surface area contributed by atoms with Crippen molar-refractivity contribution in [2.75, 3.05) is 7.11 Å². The summed E-state index contributed by atoms with van der Waals surface area (Å²) in [5, 5.41) is 0.120. The van der Waals surface area contributed by atoms with Crippen molar-refractivity contribution < 1.29 is 9.53 Å². The molecule has 1 heterocycles. The molecule has 15 heavy (non-hydrogen) atoms. The second-order valence-corrected chi connectivity index (χ2v) is 5.42. The molecule has 0 saturated heterocycles. The summed E-state index contributed by atoms with van der Waals surface area (Å²) in [5.41, 5.74) is 2.02. The molecule has 0 fully saturated rings. The van der Waals surface area contributed by atoms with E-state index in [0.29, 0.717) is 0 Å².